The number of thioether (sulfide) groups is 1. The number of hydrogen-bond acceptors (Lipinski definition) is 4. The zero-order valence-electron chi connectivity index (χ0n) is 13.6. The Balaban J connectivity index is 1.96. The summed E-state index contributed by atoms with van der Waals surface area (Å²) in [7, 11) is 0. The van der Waals surface area contributed by atoms with Gasteiger partial charge in [0, 0.05) is 6.54 Å². The number of likely N-dealkylation sites (N-methyl/N-ethyl adjacent to an activating group) is 1. The molecule has 22 heavy (non-hydrogen) atoms. The quantitative estimate of drug-likeness (QED) is 0.671. The van der Waals surface area contributed by atoms with Crippen LogP contribution >= 0.6 is 11.8 Å². The van der Waals surface area contributed by atoms with Crippen molar-refractivity contribution in [3.05, 3.63) is 10.5 Å². The van der Waals surface area contributed by atoms with Gasteiger partial charge in [0.2, 0.25) is 5.91 Å². The van der Waals surface area contributed by atoms with Crippen LogP contribution in [-0.4, -0.2) is 63.5 Å². The van der Waals surface area contributed by atoms with Crippen LogP contribution in [0.3, 0.4) is 0 Å². The van der Waals surface area contributed by atoms with Gasteiger partial charge in [0.25, 0.3) is 0 Å². The Hall–Kier alpha value is -1.28. The van der Waals surface area contributed by atoms with Crippen molar-refractivity contribution in [2.24, 2.45) is 0 Å². The first kappa shape index (κ1) is 17.1. The molecule has 0 aliphatic carbocycles. The van der Waals surface area contributed by atoms with Gasteiger partial charge in [0.1, 0.15) is 0 Å². The molecule has 1 amide bonds. The van der Waals surface area contributed by atoms with Gasteiger partial charge in [-0.15, -0.1) is 5.10 Å². The Labute approximate surface area is 135 Å². The minimum absolute atomic E-state index is 0.138. The molecule has 1 saturated heterocycles. The number of carbonyl (C=O) groups excluding carboxylic acids is 1. The Morgan fingerprint density at radius 1 is 1.41 bits per heavy atom. The van der Waals surface area contributed by atoms with E-state index in [1.54, 1.807) is 9.47 Å². The lowest BCUT2D eigenvalue weighted by Gasteiger charge is -2.32. The van der Waals surface area contributed by atoms with Crippen molar-refractivity contribution in [1.82, 2.24) is 19.7 Å². The maximum atomic E-state index is 12.5. The molecular weight excluding hydrogens is 302 g/mol. The van der Waals surface area contributed by atoms with Gasteiger partial charge in [-0.1, -0.05) is 18.7 Å². The van der Waals surface area contributed by atoms with Crippen LogP contribution in [0.1, 0.15) is 27.2 Å². The summed E-state index contributed by atoms with van der Waals surface area (Å²) >= 11 is 1.36. The van der Waals surface area contributed by atoms with Crippen molar-refractivity contribution in [3.63, 3.8) is 0 Å². The zero-order valence-corrected chi connectivity index (χ0v) is 14.4. The Bertz CT molecular complexity index is 548. The lowest BCUT2D eigenvalue weighted by atomic mass is 10.3. The highest BCUT2D eigenvalue weighted by Crippen LogP contribution is 2.21. The smallest absolute Gasteiger partial charge is 0.332 e. The summed E-state index contributed by atoms with van der Waals surface area (Å²) in [5, 5.41) is 6.88. The Morgan fingerprint density at radius 3 is 2.68 bits per heavy atom. The predicted octanol–water partition coefficient (Wildman–Crippen LogP) is -0.791. The number of carbonyl (C=O) groups is 1. The van der Waals surface area contributed by atoms with Crippen molar-refractivity contribution >= 4 is 17.7 Å². The lowest BCUT2D eigenvalue weighted by molar-refractivity contribution is -0.902. The highest BCUT2D eigenvalue weighted by atomic mass is 32.2. The molecule has 2 N–H and O–H groups in total. The van der Waals surface area contributed by atoms with Crippen LogP contribution in [0.5, 0.6) is 0 Å². The van der Waals surface area contributed by atoms with E-state index in [2.05, 4.69) is 17.1 Å². The number of hydrogen-bond donors (Lipinski definition) is 2. The minimum Gasteiger partial charge on any atom is -0.332 e. The van der Waals surface area contributed by atoms with Crippen LogP contribution in [0.4, 0.5) is 0 Å². The van der Waals surface area contributed by atoms with Gasteiger partial charge in [-0.25, -0.2) is 9.89 Å². The van der Waals surface area contributed by atoms with E-state index in [1.165, 1.54) is 11.8 Å². The monoisotopic (exact) mass is 328 g/mol. The SMILES string of the molecule is CCCn1c(S[C@@H](C)C(=O)N2CC[NH+](CC)CC2)n[nH]c1=O. The molecular formula is C14H26N5O2S+. The van der Waals surface area contributed by atoms with Gasteiger partial charge in [-0.3, -0.25) is 9.36 Å². The van der Waals surface area contributed by atoms with Gasteiger partial charge in [0.15, 0.2) is 5.16 Å². The molecule has 0 radical (unpaired) electrons. The second kappa shape index (κ2) is 7.82. The fourth-order valence-electron chi connectivity index (χ4n) is 2.68. The number of quaternary nitrogens is 1. The summed E-state index contributed by atoms with van der Waals surface area (Å²) in [4.78, 5) is 27.7. The van der Waals surface area contributed by atoms with E-state index >= 15 is 0 Å². The number of nitrogens with zero attached hydrogens (tertiary/aromatic N) is 3. The highest BCUT2D eigenvalue weighted by molar-refractivity contribution is 8.00. The molecule has 0 unspecified atom stereocenters. The van der Waals surface area contributed by atoms with Gasteiger partial charge >= 0.3 is 5.69 Å². The molecule has 0 aromatic carbocycles. The summed E-state index contributed by atoms with van der Waals surface area (Å²) in [6.45, 7) is 11.5. The van der Waals surface area contributed by atoms with Crippen LogP contribution in [0.2, 0.25) is 0 Å². The number of aromatic nitrogens is 3. The van der Waals surface area contributed by atoms with Gasteiger partial charge in [-0.05, 0) is 20.3 Å². The van der Waals surface area contributed by atoms with Crippen molar-refractivity contribution < 1.29 is 9.69 Å². The second-order valence-corrected chi connectivity index (χ2v) is 6.96. The molecule has 2 heterocycles. The molecule has 124 valence electrons. The summed E-state index contributed by atoms with van der Waals surface area (Å²) in [5.74, 6) is 0.138. The van der Waals surface area contributed by atoms with Crippen LogP contribution in [-0.2, 0) is 11.3 Å². The van der Waals surface area contributed by atoms with Crippen molar-refractivity contribution in [2.75, 3.05) is 32.7 Å². The van der Waals surface area contributed by atoms with Crippen molar-refractivity contribution in [1.29, 1.82) is 0 Å². The van der Waals surface area contributed by atoms with Gasteiger partial charge < -0.3 is 9.80 Å². The van der Waals surface area contributed by atoms with E-state index in [4.69, 9.17) is 0 Å². The number of aromatic amines is 1. The first-order valence-electron chi connectivity index (χ1n) is 8.01. The van der Waals surface area contributed by atoms with Crippen molar-refractivity contribution in [3.8, 4) is 0 Å². The number of amides is 1. The largest absolute Gasteiger partial charge is 0.343 e. The summed E-state index contributed by atoms with van der Waals surface area (Å²) in [6, 6.07) is 0. The number of nitrogens with one attached hydrogen (secondary N) is 2. The third-order valence-electron chi connectivity index (χ3n) is 4.08. The third kappa shape index (κ3) is 3.92. The molecule has 0 spiro atoms. The van der Waals surface area contributed by atoms with Crippen LogP contribution in [0, 0.1) is 0 Å². The number of piperazine rings is 1. The molecule has 1 aromatic rings. The summed E-state index contributed by atoms with van der Waals surface area (Å²) < 4.78 is 1.60. The van der Waals surface area contributed by atoms with E-state index < -0.39 is 0 Å². The normalized spacial score (nSPS) is 17.7. The second-order valence-electron chi connectivity index (χ2n) is 5.65. The number of rotatable bonds is 6. The first-order valence-corrected chi connectivity index (χ1v) is 8.89. The average molecular weight is 328 g/mol. The maximum absolute atomic E-state index is 12.5. The first-order chi connectivity index (χ1) is 10.6. The van der Waals surface area contributed by atoms with Crippen molar-refractivity contribution in [2.45, 2.75) is 44.1 Å². The topological polar surface area (TPSA) is 75.4 Å². The molecule has 8 heteroatoms. The molecule has 1 atom stereocenters. The Morgan fingerprint density at radius 2 is 2.09 bits per heavy atom. The van der Waals surface area contributed by atoms with Crippen LogP contribution in [0.15, 0.2) is 9.95 Å². The van der Waals surface area contributed by atoms with E-state index in [0.717, 1.165) is 39.1 Å². The van der Waals surface area contributed by atoms with Gasteiger partial charge in [-0.2, -0.15) is 0 Å². The minimum atomic E-state index is -0.228. The molecule has 1 aromatic heterocycles. The lowest BCUT2D eigenvalue weighted by Crippen LogP contribution is -3.14. The summed E-state index contributed by atoms with van der Waals surface area (Å²) in [6.07, 6.45) is 0.858. The van der Waals surface area contributed by atoms with E-state index in [9.17, 15) is 9.59 Å². The van der Waals surface area contributed by atoms with E-state index in [0.29, 0.717) is 11.7 Å². The fourth-order valence-corrected chi connectivity index (χ4v) is 3.64. The van der Waals surface area contributed by atoms with Crippen LogP contribution < -0.4 is 10.6 Å². The van der Waals surface area contributed by atoms with E-state index in [1.807, 2.05) is 18.7 Å². The zero-order chi connectivity index (χ0) is 16.1. The predicted molar refractivity (Wildman–Crippen MR) is 86.3 cm³/mol. The molecule has 0 saturated carbocycles. The maximum Gasteiger partial charge on any atom is 0.343 e. The molecule has 2 rings (SSSR count). The van der Waals surface area contributed by atoms with Crippen LogP contribution in [0.25, 0.3) is 0 Å². The number of H-pyrrole nitrogens is 1. The molecule has 7 nitrogen and oxygen atoms in total. The molecule has 1 fully saturated rings. The Kier molecular flexibility index (Phi) is 6.07. The molecule has 1 aliphatic heterocycles. The fraction of sp³-hybridized carbons (Fsp3) is 0.786. The molecule has 1 aliphatic rings. The van der Waals surface area contributed by atoms with E-state index in [-0.39, 0.29) is 16.8 Å². The summed E-state index contributed by atoms with van der Waals surface area (Å²) in [5.41, 5.74) is -0.204. The van der Waals surface area contributed by atoms with Gasteiger partial charge in [0.05, 0.1) is 38.0 Å². The third-order valence-corrected chi connectivity index (χ3v) is 5.16. The molecule has 0 bridgehead atoms. The average Bonchev–Trinajstić information content (AvgIpc) is 2.88. The highest BCUT2D eigenvalue weighted by Gasteiger charge is 2.27. The standard InChI is InChI=1S/C14H25N5O2S/c1-4-6-19-13(21)15-16-14(19)22-11(3)12(20)18-9-7-17(5-2)8-10-18/h11H,4-10H2,1-3H3,(H,15,21)/p+1/t11-/m0/s1.